The number of sulfonamides is 1. The minimum Gasteiger partial charge on any atom is -0.318 e. The van der Waals surface area contributed by atoms with E-state index in [0.717, 1.165) is 25.8 Å². The van der Waals surface area contributed by atoms with E-state index in [1.165, 1.54) is 12.6 Å². The lowest BCUT2D eigenvalue weighted by molar-refractivity contribution is 0.327. The lowest BCUT2D eigenvalue weighted by Gasteiger charge is -2.26. The van der Waals surface area contributed by atoms with E-state index < -0.39 is 10.0 Å². The highest BCUT2D eigenvalue weighted by atomic mass is 32.2. The maximum absolute atomic E-state index is 12.3. The van der Waals surface area contributed by atoms with Crippen LogP contribution >= 0.6 is 0 Å². The Balaban J connectivity index is 2.00. The summed E-state index contributed by atoms with van der Waals surface area (Å²) < 4.78 is 29.1. The number of nitrogens with one attached hydrogen (secondary N) is 2. The first-order valence-corrected chi connectivity index (χ1v) is 8.69. The Bertz CT molecular complexity index is 526. The van der Waals surface area contributed by atoms with Crippen LogP contribution in [0.2, 0.25) is 0 Å². The average Bonchev–Trinajstić information content (AvgIpc) is 2.85. The summed E-state index contributed by atoms with van der Waals surface area (Å²) in [4.78, 5) is 0.256. The van der Waals surface area contributed by atoms with Crippen molar-refractivity contribution in [1.82, 2.24) is 19.8 Å². The van der Waals surface area contributed by atoms with Gasteiger partial charge in [0.1, 0.15) is 4.90 Å². The van der Waals surface area contributed by atoms with Crippen LogP contribution < -0.4 is 10.0 Å². The van der Waals surface area contributed by atoms with Gasteiger partial charge in [-0.05, 0) is 25.8 Å². The summed E-state index contributed by atoms with van der Waals surface area (Å²) in [6.07, 6.45) is 7.15. The number of aromatic nitrogens is 2. The van der Waals surface area contributed by atoms with Crippen LogP contribution in [0.25, 0.3) is 0 Å². The molecular formula is C13H24N4O2S. The predicted molar refractivity (Wildman–Crippen MR) is 77.9 cm³/mol. The molecule has 1 aliphatic carbocycles. The van der Waals surface area contributed by atoms with E-state index in [-0.39, 0.29) is 10.9 Å². The first kappa shape index (κ1) is 15.5. The number of likely N-dealkylation sites (N-methyl/N-ethyl adjacent to an activating group) is 1. The quantitative estimate of drug-likeness (QED) is 0.820. The van der Waals surface area contributed by atoms with Crippen molar-refractivity contribution in [2.45, 2.75) is 50.1 Å². The van der Waals surface area contributed by atoms with E-state index in [1.54, 1.807) is 10.9 Å². The minimum atomic E-state index is -3.44. The van der Waals surface area contributed by atoms with Gasteiger partial charge in [-0.1, -0.05) is 19.8 Å². The first-order valence-electron chi connectivity index (χ1n) is 7.20. The fourth-order valence-corrected chi connectivity index (χ4v) is 3.90. The van der Waals surface area contributed by atoms with Gasteiger partial charge in [0.05, 0.1) is 12.7 Å². The SMILES string of the molecule is CNCCn1cc(S(=O)(=O)NC2CCCC(C)C2)cn1. The fourth-order valence-electron chi connectivity index (χ4n) is 2.66. The summed E-state index contributed by atoms with van der Waals surface area (Å²) in [6, 6.07) is 0.0596. The van der Waals surface area contributed by atoms with Crippen LogP contribution in [-0.2, 0) is 16.6 Å². The molecule has 0 radical (unpaired) electrons. The van der Waals surface area contributed by atoms with Gasteiger partial charge in [0.2, 0.25) is 10.0 Å². The highest BCUT2D eigenvalue weighted by Gasteiger charge is 2.25. The summed E-state index contributed by atoms with van der Waals surface area (Å²) in [5.74, 6) is 0.592. The van der Waals surface area contributed by atoms with Crippen molar-refractivity contribution >= 4 is 10.0 Å². The molecule has 1 heterocycles. The van der Waals surface area contributed by atoms with E-state index in [0.29, 0.717) is 12.5 Å². The highest BCUT2D eigenvalue weighted by molar-refractivity contribution is 7.89. The molecule has 114 valence electrons. The van der Waals surface area contributed by atoms with Gasteiger partial charge < -0.3 is 5.32 Å². The summed E-state index contributed by atoms with van der Waals surface area (Å²) in [5.41, 5.74) is 0. The number of hydrogen-bond acceptors (Lipinski definition) is 4. The molecule has 1 fully saturated rings. The van der Waals surface area contributed by atoms with Crippen LogP contribution in [0, 0.1) is 5.92 Å². The van der Waals surface area contributed by atoms with Crippen molar-refractivity contribution in [2.75, 3.05) is 13.6 Å². The summed E-state index contributed by atoms with van der Waals surface area (Å²) in [6.45, 7) is 3.59. The van der Waals surface area contributed by atoms with Gasteiger partial charge in [-0.3, -0.25) is 4.68 Å². The Morgan fingerprint density at radius 2 is 2.25 bits per heavy atom. The maximum atomic E-state index is 12.3. The molecular weight excluding hydrogens is 276 g/mol. The average molecular weight is 300 g/mol. The van der Waals surface area contributed by atoms with Crippen LogP contribution in [0.5, 0.6) is 0 Å². The normalized spacial score (nSPS) is 23.9. The minimum absolute atomic E-state index is 0.0596. The van der Waals surface area contributed by atoms with Crippen molar-refractivity contribution in [3.8, 4) is 0 Å². The van der Waals surface area contributed by atoms with E-state index in [9.17, 15) is 8.42 Å². The topological polar surface area (TPSA) is 76.0 Å². The predicted octanol–water partition coefficient (Wildman–Crippen LogP) is 0.959. The van der Waals surface area contributed by atoms with Gasteiger partial charge in [0, 0.05) is 18.8 Å². The Kier molecular flexibility index (Phi) is 5.17. The van der Waals surface area contributed by atoms with Gasteiger partial charge in [0.25, 0.3) is 0 Å². The van der Waals surface area contributed by atoms with Gasteiger partial charge in [-0.25, -0.2) is 13.1 Å². The molecule has 0 amide bonds. The molecule has 0 saturated heterocycles. The van der Waals surface area contributed by atoms with Gasteiger partial charge >= 0.3 is 0 Å². The lowest BCUT2D eigenvalue weighted by Crippen LogP contribution is -2.37. The number of nitrogens with zero attached hydrogens (tertiary/aromatic N) is 2. The van der Waals surface area contributed by atoms with E-state index in [1.807, 2.05) is 7.05 Å². The Hall–Kier alpha value is -0.920. The molecule has 2 atom stereocenters. The molecule has 1 saturated carbocycles. The van der Waals surface area contributed by atoms with Gasteiger partial charge in [0.15, 0.2) is 0 Å². The van der Waals surface area contributed by atoms with Crippen LogP contribution in [-0.4, -0.2) is 37.8 Å². The molecule has 2 unspecified atom stereocenters. The fraction of sp³-hybridized carbons (Fsp3) is 0.769. The smallest absolute Gasteiger partial charge is 0.243 e. The molecule has 0 aliphatic heterocycles. The molecule has 0 aromatic carbocycles. The van der Waals surface area contributed by atoms with Gasteiger partial charge in [-0.2, -0.15) is 5.10 Å². The van der Waals surface area contributed by atoms with Crippen LogP contribution in [0.4, 0.5) is 0 Å². The van der Waals surface area contributed by atoms with E-state index in [4.69, 9.17) is 0 Å². The maximum Gasteiger partial charge on any atom is 0.243 e. The van der Waals surface area contributed by atoms with Crippen molar-refractivity contribution in [2.24, 2.45) is 5.92 Å². The Morgan fingerprint density at radius 1 is 1.45 bits per heavy atom. The molecule has 1 aromatic rings. The molecule has 1 aliphatic rings. The zero-order chi connectivity index (χ0) is 14.6. The molecule has 2 N–H and O–H groups in total. The van der Waals surface area contributed by atoms with Crippen molar-refractivity contribution in [3.05, 3.63) is 12.4 Å². The molecule has 20 heavy (non-hydrogen) atoms. The highest BCUT2D eigenvalue weighted by Crippen LogP contribution is 2.24. The van der Waals surface area contributed by atoms with E-state index >= 15 is 0 Å². The zero-order valence-corrected chi connectivity index (χ0v) is 13.0. The molecule has 0 bridgehead atoms. The van der Waals surface area contributed by atoms with Crippen LogP contribution in [0.1, 0.15) is 32.6 Å². The van der Waals surface area contributed by atoms with Crippen LogP contribution in [0.3, 0.4) is 0 Å². The van der Waals surface area contributed by atoms with Crippen molar-refractivity contribution in [1.29, 1.82) is 0 Å². The monoisotopic (exact) mass is 300 g/mol. The third-order valence-electron chi connectivity index (χ3n) is 3.77. The van der Waals surface area contributed by atoms with E-state index in [2.05, 4.69) is 22.1 Å². The summed E-state index contributed by atoms with van der Waals surface area (Å²) >= 11 is 0. The largest absolute Gasteiger partial charge is 0.318 e. The van der Waals surface area contributed by atoms with Crippen molar-refractivity contribution in [3.63, 3.8) is 0 Å². The molecule has 2 rings (SSSR count). The molecule has 1 aromatic heterocycles. The third kappa shape index (κ3) is 4.04. The first-order chi connectivity index (χ1) is 9.51. The second-order valence-electron chi connectivity index (χ2n) is 5.63. The molecule has 6 nitrogen and oxygen atoms in total. The third-order valence-corrected chi connectivity index (χ3v) is 5.24. The summed E-state index contributed by atoms with van der Waals surface area (Å²) in [7, 11) is -1.59. The summed E-state index contributed by atoms with van der Waals surface area (Å²) in [5, 5.41) is 7.09. The van der Waals surface area contributed by atoms with Crippen LogP contribution in [0.15, 0.2) is 17.3 Å². The number of rotatable bonds is 6. The zero-order valence-electron chi connectivity index (χ0n) is 12.2. The standard InChI is InChI=1S/C13H24N4O2S/c1-11-4-3-5-12(8-11)16-20(18,19)13-9-15-17(10-13)7-6-14-2/h9-12,14,16H,3-8H2,1-2H3. The lowest BCUT2D eigenvalue weighted by atomic mass is 9.88. The Morgan fingerprint density at radius 3 is 2.95 bits per heavy atom. The second kappa shape index (κ2) is 6.69. The number of hydrogen-bond donors (Lipinski definition) is 2. The van der Waals surface area contributed by atoms with Crippen molar-refractivity contribution < 1.29 is 8.42 Å². The molecule has 7 heteroatoms. The second-order valence-corrected chi connectivity index (χ2v) is 7.35. The van der Waals surface area contributed by atoms with Gasteiger partial charge in [-0.15, -0.1) is 0 Å². The molecule has 0 spiro atoms. The Labute approximate surface area is 121 Å².